The molecule has 1 saturated carbocycles. The molecule has 4 heteroatoms. The predicted molar refractivity (Wildman–Crippen MR) is 47.4 cm³/mol. The Bertz CT molecular complexity index is 254. The van der Waals surface area contributed by atoms with Gasteiger partial charge in [0.1, 0.15) is 0 Å². The average molecular weight is 189 g/mol. The number of rotatable bonds is 1. The summed E-state index contributed by atoms with van der Waals surface area (Å²) in [7, 11) is -2.79. The van der Waals surface area contributed by atoms with Crippen molar-refractivity contribution in [2.75, 3.05) is 12.3 Å². The Morgan fingerprint density at radius 1 is 1.08 bits per heavy atom. The molecule has 12 heavy (non-hydrogen) atoms. The molecule has 2 fully saturated rings. The quantitative estimate of drug-likeness (QED) is 0.616. The van der Waals surface area contributed by atoms with Crippen molar-refractivity contribution in [1.29, 1.82) is 0 Å². The minimum Gasteiger partial charge on any atom is -0.212 e. The standard InChI is InChI=1S/C8H15NO2S/c10-12(11)7-6-9(12)8-4-2-1-3-5-8/h8H,1-7H2. The van der Waals surface area contributed by atoms with Crippen LogP contribution in [0, 0.1) is 0 Å². The van der Waals surface area contributed by atoms with E-state index in [4.69, 9.17) is 0 Å². The van der Waals surface area contributed by atoms with Crippen LogP contribution in [0.1, 0.15) is 32.1 Å². The largest absolute Gasteiger partial charge is 0.215 e. The van der Waals surface area contributed by atoms with Gasteiger partial charge in [-0.25, -0.2) is 8.42 Å². The molecule has 0 amide bonds. The molecule has 2 aliphatic rings. The third-order valence-electron chi connectivity index (χ3n) is 2.91. The van der Waals surface area contributed by atoms with E-state index in [-0.39, 0.29) is 0 Å². The summed E-state index contributed by atoms with van der Waals surface area (Å²) < 4.78 is 24.2. The van der Waals surface area contributed by atoms with Crippen molar-refractivity contribution in [3.63, 3.8) is 0 Å². The molecule has 0 atom stereocenters. The number of hydrogen-bond acceptors (Lipinski definition) is 2. The van der Waals surface area contributed by atoms with E-state index < -0.39 is 10.0 Å². The van der Waals surface area contributed by atoms with Crippen molar-refractivity contribution in [2.45, 2.75) is 38.1 Å². The zero-order valence-electron chi connectivity index (χ0n) is 7.20. The molecule has 1 aliphatic heterocycles. The lowest BCUT2D eigenvalue weighted by atomic mass is 9.95. The fourth-order valence-corrected chi connectivity index (χ4v) is 3.48. The average Bonchev–Trinajstić information content (AvgIpc) is 2.05. The van der Waals surface area contributed by atoms with E-state index in [0.717, 1.165) is 19.4 Å². The van der Waals surface area contributed by atoms with Crippen LogP contribution < -0.4 is 0 Å². The second-order valence-electron chi connectivity index (χ2n) is 3.72. The lowest BCUT2D eigenvalue weighted by Crippen LogP contribution is -2.53. The molecule has 0 spiro atoms. The molecule has 0 N–H and O–H groups in total. The predicted octanol–water partition coefficient (Wildman–Crippen LogP) is 0.964. The third-order valence-corrected chi connectivity index (χ3v) is 4.80. The van der Waals surface area contributed by atoms with E-state index >= 15 is 0 Å². The molecule has 1 saturated heterocycles. The smallest absolute Gasteiger partial charge is 0.212 e. The zero-order valence-corrected chi connectivity index (χ0v) is 8.02. The molecule has 0 aromatic heterocycles. The molecule has 0 bridgehead atoms. The van der Waals surface area contributed by atoms with Crippen LogP contribution in [0.2, 0.25) is 0 Å². The summed E-state index contributed by atoms with van der Waals surface area (Å²) in [5, 5.41) is 0. The summed E-state index contributed by atoms with van der Waals surface area (Å²) in [6.45, 7) is 0.771. The first kappa shape index (κ1) is 8.51. The summed E-state index contributed by atoms with van der Waals surface area (Å²) >= 11 is 0. The van der Waals surface area contributed by atoms with Gasteiger partial charge in [-0.2, -0.15) is 4.31 Å². The Hall–Kier alpha value is -0.0900. The summed E-state index contributed by atoms with van der Waals surface area (Å²) in [4.78, 5) is 0. The molecular formula is C8H15NO2S. The third kappa shape index (κ3) is 1.38. The fraction of sp³-hybridized carbons (Fsp3) is 1.00. The zero-order chi connectivity index (χ0) is 8.60. The van der Waals surface area contributed by atoms with E-state index in [1.807, 2.05) is 0 Å². The van der Waals surface area contributed by atoms with E-state index in [9.17, 15) is 8.42 Å². The highest BCUT2D eigenvalue weighted by molar-refractivity contribution is 7.90. The van der Waals surface area contributed by atoms with Crippen LogP contribution in [0.5, 0.6) is 0 Å². The summed E-state index contributed by atoms with van der Waals surface area (Å²) in [6.07, 6.45) is 5.86. The topological polar surface area (TPSA) is 37.4 Å². The van der Waals surface area contributed by atoms with Gasteiger partial charge in [0.25, 0.3) is 0 Å². The van der Waals surface area contributed by atoms with Crippen molar-refractivity contribution in [2.24, 2.45) is 0 Å². The van der Waals surface area contributed by atoms with Gasteiger partial charge in [-0.3, -0.25) is 0 Å². The number of hydrogen-bond donors (Lipinski definition) is 0. The maximum atomic E-state index is 11.2. The number of nitrogens with zero attached hydrogens (tertiary/aromatic N) is 1. The monoisotopic (exact) mass is 189 g/mol. The van der Waals surface area contributed by atoms with E-state index in [0.29, 0.717) is 11.8 Å². The van der Waals surface area contributed by atoms with Crippen LogP contribution >= 0.6 is 0 Å². The minimum absolute atomic E-state index is 0.345. The van der Waals surface area contributed by atoms with Gasteiger partial charge < -0.3 is 0 Å². The molecule has 3 nitrogen and oxygen atoms in total. The molecule has 0 aromatic carbocycles. The summed E-state index contributed by atoms with van der Waals surface area (Å²) in [5.74, 6) is 0.378. The molecule has 2 rings (SSSR count). The van der Waals surface area contributed by atoms with Gasteiger partial charge in [0, 0.05) is 12.6 Å². The molecule has 0 aromatic rings. The van der Waals surface area contributed by atoms with Gasteiger partial charge in [-0.15, -0.1) is 0 Å². The second kappa shape index (κ2) is 3.00. The van der Waals surface area contributed by atoms with Crippen LogP contribution in [0.15, 0.2) is 0 Å². The molecule has 1 heterocycles. The SMILES string of the molecule is O=S1(=O)CCN1C1CCCCC1. The lowest BCUT2D eigenvalue weighted by Gasteiger charge is -2.39. The maximum absolute atomic E-state index is 11.2. The molecular weight excluding hydrogens is 174 g/mol. The molecule has 0 radical (unpaired) electrons. The van der Waals surface area contributed by atoms with Crippen molar-refractivity contribution in [3.05, 3.63) is 0 Å². The van der Waals surface area contributed by atoms with Crippen molar-refractivity contribution in [1.82, 2.24) is 4.31 Å². The van der Waals surface area contributed by atoms with Gasteiger partial charge >= 0.3 is 0 Å². The maximum Gasteiger partial charge on any atom is 0.215 e. The fourth-order valence-electron chi connectivity index (χ4n) is 2.12. The van der Waals surface area contributed by atoms with Crippen molar-refractivity contribution >= 4 is 10.0 Å². The highest BCUT2D eigenvalue weighted by Gasteiger charge is 2.38. The van der Waals surface area contributed by atoms with Gasteiger partial charge in [-0.05, 0) is 12.8 Å². The van der Waals surface area contributed by atoms with E-state index in [2.05, 4.69) is 0 Å². The molecule has 70 valence electrons. The van der Waals surface area contributed by atoms with Gasteiger partial charge in [0.2, 0.25) is 10.0 Å². The van der Waals surface area contributed by atoms with Crippen LogP contribution in [0.4, 0.5) is 0 Å². The van der Waals surface area contributed by atoms with Crippen LogP contribution in [0.25, 0.3) is 0 Å². The second-order valence-corrected chi connectivity index (χ2v) is 5.76. The Balaban J connectivity index is 2.00. The van der Waals surface area contributed by atoms with E-state index in [1.54, 1.807) is 4.31 Å². The van der Waals surface area contributed by atoms with Crippen molar-refractivity contribution < 1.29 is 8.42 Å². The first-order valence-corrected chi connectivity index (χ1v) is 6.30. The van der Waals surface area contributed by atoms with Crippen molar-refractivity contribution in [3.8, 4) is 0 Å². The van der Waals surface area contributed by atoms with Crippen LogP contribution in [0.3, 0.4) is 0 Å². The first-order chi connectivity index (χ1) is 5.70. The molecule has 1 aliphatic carbocycles. The highest BCUT2D eigenvalue weighted by atomic mass is 32.2. The van der Waals surface area contributed by atoms with Crippen LogP contribution in [-0.4, -0.2) is 31.1 Å². The minimum atomic E-state index is -2.79. The van der Waals surface area contributed by atoms with Gasteiger partial charge in [0.15, 0.2) is 0 Å². The lowest BCUT2D eigenvalue weighted by molar-refractivity contribution is 0.239. The highest BCUT2D eigenvalue weighted by Crippen LogP contribution is 2.28. The number of sulfonamides is 1. The van der Waals surface area contributed by atoms with Crippen LogP contribution in [-0.2, 0) is 10.0 Å². The van der Waals surface area contributed by atoms with Gasteiger partial charge in [0.05, 0.1) is 5.75 Å². The van der Waals surface area contributed by atoms with Gasteiger partial charge in [-0.1, -0.05) is 19.3 Å². The Kier molecular flexibility index (Phi) is 2.12. The summed E-state index contributed by atoms with van der Waals surface area (Å²) in [6, 6.07) is 0.345. The van der Waals surface area contributed by atoms with E-state index in [1.165, 1.54) is 19.3 Å². The Morgan fingerprint density at radius 3 is 2.17 bits per heavy atom. The Labute approximate surface area is 73.8 Å². The normalized spacial score (nSPS) is 31.3. The first-order valence-electron chi connectivity index (χ1n) is 4.70. The Morgan fingerprint density at radius 2 is 1.75 bits per heavy atom. The molecule has 0 unspecified atom stereocenters. The summed E-state index contributed by atoms with van der Waals surface area (Å²) in [5.41, 5.74) is 0.